The highest BCUT2D eigenvalue weighted by Crippen LogP contribution is 2.36. The number of azide groups is 1. The first-order chi connectivity index (χ1) is 6.31. The van der Waals surface area contributed by atoms with Gasteiger partial charge in [0.1, 0.15) is 18.4 Å². The molecule has 1 aromatic rings. The molecule has 0 saturated carbocycles. The lowest BCUT2D eigenvalue weighted by Crippen LogP contribution is -1.94. The highest BCUT2D eigenvalue weighted by molar-refractivity contribution is 9.10. The van der Waals surface area contributed by atoms with Crippen molar-refractivity contribution in [3.05, 3.63) is 38.7 Å². The van der Waals surface area contributed by atoms with Crippen LogP contribution in [0, 0.1) is 0 Å². The van der Waals surface area contributed by atoms with Crippen molar-refractivity contribution in [2.75, 3.05) is 6.61 Å². The smallest absolute Gasteiger partial charge is 0.124 e. The molecule has 1 unspecified atom stereocenters. The molecule has 0 aliphatic carbocycles. The van der Waals surface area contributed by atoms with Crippen molar-refractivity contribution in [3.63, 3.8) is 0 Å². The Kier molecular flexibility index (Phi) is 2.12. The van der Waals surface area contributed by atoms with E-state index in [0.717, 1.165) is 15.8 Å². The first kappa shape index (κ1) is 8.41. The van der Waals surface area contributed by atoms with Gasteiger partial charge in [-0.3, -0.25) is 0 Å². The third kappa shape index (κ3) is 1.48. The number of halogens is 1. The van der Waals surface area contributed by atoms with Crippen LogP contribution in [0.4, 0.5) is 0 Å². The number of hydrogen-bond donors (Lipinski definition) is 0. The van der Waals surface area contributed by atoms with Gasteiger partial charge in [-0.15, -0.1) is 0 Å². The molecular weight excluding hydrogens is 234 g/mol. The number of benzene rings is 1. The Morgan fingerprint density at radius 2 is 2.46 bits per heavy atom. The molecule has 0 saturated heterocycles. The van der Waals surface area contributed by atoms with Crippen LogP contribution in [0.1, 0.15) is 11.6 Å². The van der Waals surface area contributed by atoms with Gasteiger partial charge in [-0.05, 0) is 17.7 Å². The number of fused-ring (bicyclic) bond motifs is 1. The molecule has 0 amide bonds. The van der Waals surface area contributed by atoms with E-state index in [0.29, 0.717) is 6.61 Å². The zero-order valence-electron chi connectivity index (χ0n) is 6.64. The highest BCUT2D eigenvalue weighted by atomic mass is 79.9. The molecule has 0 N–H and O–H groups in total. The van der Waals surface area contributed by atoms with E-state index in [1.165, 1.54) is 0 Å². The minimum atomic E-state index is -0.173. The third-order valence-corrected chi connectivity index (χ3v) is 2.42. The summed E-state index contributed by atoms with van der Waals surface area (Å²) in [4.78, 5) is 2.77. The van der Waals surface area contributed by atoms with Crippen LogP contribution >= 0.6 is 15.9 Å². The average Bonchev–Trinajstić information content (AvgIpc) is 2.49. The number of rotatable bonds is 1. The maximum atomic E-state index is 8.30. The van der Waals surface area contributed by atoms with Gasteiger partial charge in [-0.2, -0.15) is 0 Å². The topological polar surface area (TPSA) is 58.0 Å². The van der Waals surface area contributed by atoms with Gasteiger partial charge < -0.3 is 4.74 Å². The molecule has 4 nitrogen and oxygen atoms in total. The number of ether oxygens (including phenoxy) is 1. The monoisotopic (exact) mass is 239 g/mol. The first-order valence-electron chi connectivity index (χ1n) is 3.77. The zero-order valence-corrected chi connectivity index (χ0v) is 8.23. The molecule has 0 bridgehead atoms. The largest absolute Gasteiger partial charge is 0.492 e. The predicted molar refractivity (Wildman–Crippen MR) is 51.5 cm³/mol. The van der Waals surface area contributed by atoms with Crippen molar-refractivity contribution in [1.29, 1.82) is 0 Å². The second kappa shape index (κ2) is 3.28. The van der Waals surface area contributed by atoms with Crippen molar-refractivity contribution in [3.8, 4) is 5.75 Å². The fraction of sp³-hybridized carbons (Fsp3) is 0.250. The van der Waals surface area contributed by atoms with Gasteiger partial charge >= 0.3 is 0 Å². The molecule has 2 rings (SSSR count). The molecule has 5 heteroatoms. The lowest BCUT2D eigenvalue weighted by molar-refractivity contribution is 0.333. The standard InChI is InChI=1S/C8H6BrN3O/c9-5-1-2-6-7(11-12-10)4-13-8(6)3-5/h1-3,7H,4H2. The van der Waals surface area contributed by atoms with Gasteiger partial charge in [0.25, 0.3) is 0 Å². The minimum absolute atomic E-state index is 0.173. The summed E-state index contributed by atoms with van der Waals surface area (Å²) in [5.41, 5.74) is 9.26. The quantitative estimate of drug-likeness (QED) is 0.422. The van der Waals surface area contributed by atoms with Gasteiger partial charge in [0.2, 0.25) is 0 Å². The van der Waals surface area contributed by atoms with Crippen molar-refractivity contribution in [2.45, 2.75) is 6.04 Å². The predicted octanol–water partition coefficient (Wildman–Crippen LogP) is 3.19. The maximum Gasteiger partial charge on any atom is 0.124 e. The Hall–Kier alpha value is -1.19. The molecule has 0 spiro atoms. The molecule has 1 heterocycles. The minimum Gasteiger partial charge on any atom is -0.492 e. The van der Waals surface area contributed by atoms with E-state index in [9.17, 15) is 0 Å². The average molecular weight is 240 g/mol. The van der Waals surface area contributed by atoms with Gasteiger partial charge in [0.05, 0.1) is 0 Å². The Balaban J connectivity index is 2.43. The second-order valence-corrected chi connectivity index (χ2v) is 3.63. The Morgan fingerprint density at radius 1 is 1.62 bits per heavy atom. The van der Waals surface area contributed by atoms with E-state index < -0.39 is 0 Å². The molecule has 0 aromatic heterocycles. The van der Waals surface area contributed by atoms with Gasteiger partial charge in [0.15, 0.2) is 0 Å². The first-order valence-corrected chi connectivity index (χ1v) is 4.57. The maximum absolute atomic E-state index is 8.30. The van der Waals surface area contributed by atoms with Gasteiger partial charge in [0, 0.05) is 14.9 Å². The highest BCUT2D eigenvalue weighted by Gasteiger charge is 2.22. The molecular formula is C8H6BrN3O. The van der Waals surface area contributed by atoms with Crippen LogP contribution in [0.15, 0.2) is 27.8 Å². The van der Waals surface area contributed by atoms with E-state index in [1.54, 1.807) is 0 Å². The molecule has 0 fully saturated rings. The molecule has 13 heavy (non-hydrogen) atoms. The fourth-order valence-electron chi connectivity index (χ4n) is 1.32. The van der Waals surface area contributed by atoms with Crippen molar-refractivity contribution < 1.29 is 4.74 Å². The Labute approximate surface area is 83.3 Å². The molecule has 66 valence electrons. The summed E-state index contributed by atoms with van der Waals surface area (Å²) in [6, 6.07) is 5.52. The lowest BCUT2D eigenvalue weighted by atomic mass is 10.1. The van der Waals surface area contributed by atoms with Crippen molar-refractivity contribution in [2.24, 2.45) is 5.11 Å². The van der Waals surface area contributed by atoms with Gasteiger partial charge in [-0.1, -0.05) is 27.1 Å². The molecule has 0 radical (unpaired) electrons. The number of hydrogen-bond acceptors (Lipinski definition) is 2. The second-order valence-electron chi connectivity index (χ2n) is 2.71. The van der Waals surface area contributed by atoms with Gasteiger partial charge in [-0.25, -0.2) is 0 Å². The van der Waals surface area contributed by atoms with Crippen LogP contribution < -0.4 is 4.74 Å². The van der Waals surface area contributed by atoms with E-state index in [-0.39, 0.29) is 6.04 Å². The molecule has 1 aromatic carbocycles. The summed E-state index contributed by atoms with van der Waals surface area (Å²) in [5.74, 6) is 0.798. The Bertz CT molecular complexity index is 387. The molecule has 1 aliphatic heterocycles. The van der Waals surface area contributed by atoms with Crippen molar-refractivity contribution >= 4 is 15.9 Å². The summed E-state index contributed by atoms with van der Waals surface area (Å²) in [7, 11) is 0. The fourth-order valence-corrected chi connectivity index (χ4v) is 1.66. The number of nitrogens with zero attached hydrogens (tertiary/aromatic N) is 3. The summed E-state index contributed by atoms with van der Waals surface area (Å²) in [6.07, 6.45) is 0. The van der Waals surface area contributed by atoms with E-state index in [2.05, 4.69) is 26.0 Å². The van der Waals surface area contributed by atoms with Crippen LogP contribution in [0.2, 0.25) is 0 Å². The van der Waals surface area contributed by atoms with Crippen LogP contribution in [0.25, 0.3) is 10.4 Å². The van der Waals surface area contributed by atoms with E-state index in [4.69, 9.17) is 10.3 Å². The lowest BCUT2D eigenvalue weighted by Gasteiger charge is -1.99. The molecule has 1 aliphatic rings. The van der Waals surface area contributed by atoms with Crippen LogP contribution in [0.5, 0.6) is 5.75 Å². The van der Waals surface area contributed by atoms with Crippen LogP contribution in [0.3, 0.4) is 0 Å². The SMILES string of the molecule is [N-]=[N+]=NC1COc2cc(Br)ccc21. The van der Waals surface area contributed by atoms with E-state index in [1.807, 2.05) is 18.2 Å². The summed E-state index contributed by atoms with van der Waals surface area (Å²) >= 11 is 3.34. The normalized spacial score (nSPS) is 18.7. The Morgan fingerprint density at radius 3 is 3.23 bits per heavy atom. The zero-order chi connectivity index (χ0) is 9.26. The van der Waals surface area contributed by atoms with Crippen molar-refractivity contribution in [1.82, 2.24) is 0 Å². The van der Waals surface area contributed by atoms with Crippen LogP contribution in [-0.4, -0.2) is 6.61 Å². The molecule has 1 atom stereocenters. The third-order valence-electron chi connectivity index (χ3n) is 1.92. The van der Waals surface area contributed by atoms with E-state index >= 15 is 0 Å². The summed E-state index contributed by atoms with van der Waals surface area (Å²) in [5, 5.41) is 3.63. The summed E-state index contributed by atoms with van der Waals surface area (Å²) < 4.78 is 6.32. The summed E-state index contributed by atoms with van der Waals surface area (Å²) in [6.45, 7) is 0.440. The van der Waals surface area contributed by atoms with Crippen LogP contribution in [-0.2, 0) is 0 Å².